The second-order valence-electron chi connectivity index (χ2n) is 6.24. The maximum Gasteiger partial charge on any atom is 0.294 e. The van der Waals surface area contributed by atoms with Crippen molar-refractivity contribution in [1.29, 1.82) is 0 Å². The van der Waals surface area contributed by atoms with Crippen molar-refractivity contribution in [3.63, 3.8) is 0 Å². The minimum absolute atomic E-state index is 0.129. The SMILES string of the molecule is C/C(=N/CC/N=C(/C)c1cc(S(=O)(=O)O)ccc1O)c1cc(S(=O)(=O)O)ccc1O. The Hall–Kier alpha value is -2.80. The van der Waals surface area contributed by atoms with Crippen molar-refractivity contribution in [2.45, 2.75) is 23.6 Å². The van der Waals surface area contributed by atoms with Crippen LogP contribution >= 0.6 is 0 Å². The highest BCUT2D eigenvalue weighted by Gasteiger charge is 2.15. The Kier molecular flexibility index (Phi) is 6.98. The fourth-order valence-corrected chi connectivity index (χ4v) is 3.55. The lowest BCUT2D eigenvalue weighted by molar-refractivity contribution is 0.470. The summed E-state index contributed by atoms with van der Waals surface area (Å²) in [7, 11) is -8.87. The summed E-state index contributed by atoms with van der Waals surface area (Å²) >= 11 is 0. The van der Waals surface area contributed by atoms with E-state index in [4.69, 9.17) is 9.11 Å². The molecule has 0 spiro atoms. The fourth-order valence-electron chi connectivity index (χ4n) is 2.54. The summed E-state index contributed by atoms with van der Waals surface area (Å²) in [5.41, 5.74) is 0.873. The van der Waals surface area contributed by atoms with Gasteiger partial charge in [0.15, 0.2) is 0 Å². The number of phenolic OH excluding ortho intramolecular Hbond substituents is 2. The van der Waals surface area contributed by atoms with Gasteiger partial charge in [-0.25, -0.2) is 0 Å². The van der Waals surface area contributed by atoms with Gasteiger partial charge in [-0.3, -0.25) is 19.1 Å². The van der Waals surface area contributed by atoms with Crippen molar-refractivity contribution in [3.05, 3.63) is 47.5 Å². The van der Waals surface area contributed by atoms with Gasteiger partial charge in [0.1, 0.15) is 11.5 Å². The zero-order valence-corrected chi connectivity index (χ0v) is 17.6. The highest BCUT2D eigenvalue weighted by atomic mass is 32.2. The maximum atomic E-state index is 11.2. The molecule has 0 unspecified atom stereocenters. The lowest BCUT2D eigenvalue weighted by Gasteiger charge is -2.07. The summed E-state index contributed by atoms with van der Waals surface area (Å²) in [6.45, 7) is 3.36. The van der Waals surface area contributed by atoms with Crippen LogP contribution in [0.25, 0.3) is 0 Å². The molecule has 0 aliphatic carbocycles. The van der Waals surface area contributed by atoms with Gasteiger partial charge in [-0.1, -0.05) is 0 Å². The molecule has 0 aliphatic heterocycles. The van der Waals surface area contributed by atoms with Gasteiger partial charge in [-0.15, -0.1) is 0 Å². The third kappa shape index (κ3) is 5.86. The highest BCUT2D eigenvalue weighted by Crippen LogP contribution is 2.23. The number of hydrogen-bond donors (Lipinski definition) is 4. The summed E-state index contributed by atoms with van der Waals surface area (Å²) in [5.74, 6) is -0.425. The smallest absolute Gasteiger partial charge is 0.294 e. The second kappa shape index (κ2) is 8.92. The monoisotopic (exact) mass is 456 g/mol. The molecule has 0 amide bonds. The van der Waals surface area contributed by atoms with Crippen LogP contribution < -0.4 is 0 Å². The van der Waals surface area contributed by atoms with E-state index in [-0.39, 0.29) is 45.5 Å². The third-order valence-electron chi connectivity index (χ3n) is 4.11. The van der Waals surface area contributed by atoms with Gasteiger partial charge in [0.25, 0.3) is 20.2 Å². The van der Waals surface area contributed by atoms with Crippen molar-refractivity contribution in [2.24, 2.45) is 9.98 Å². The Morgan fingerprint density at radius 3 is 1.37 bits per heavy atom. The number of aliphatic imine (C=N–C) groups is 2. The van der Waals surface area contributed by atoms with E-state index in [0.717, 1.165) is 36.4 Å². The van der Waals surface area contributed by atoms with E-state index in [1.54, 1.807) is 13.8 Å². The molecule has 0 bridgehead atoms. The summed E-state index contributed by atoms with van der Waals surface area (Å²) < 4.78 is 63.2. The number of benzene rings is 2. The molecule has 162 valence electrons. The first-order valence-electron chi connectivity index (χ1n) is 8.44. The molecule has 0 aromatic heterocycles. The molecule has 4 N–H and O–H groups in total. The average molecular weight is 456 g/mol. The minimum Gasteiger partial charge on any atom is -0.507 e. The number of hydrogen-bond acceptors (Lipinski definition) is 8. The zero-order valence-electron chi connectivity index (χ0n) is 16.0. The Balaban J connectivity index is 2.19. The first-order chi connectivity index (χ1) is 13.8. The van der Waals surface area contributed by atoms with Crippen LogP contribution in [0.1, 0.15) is 25.0 Å². The lowest BCUT2D eigenvalue weighted by Crippen LogP contribution is -2.05. The van der Waals surface area contributed by atoms with E-state index in [1.165, 1.54) is 0 Å². The second-order valence-corrected chi connectivity index (χ2v) is 9.09. The van der Waals surface area contributed by atoms with E-state index in [0.29, 0.717) is 11.4 Å². The van der Waals surface area contributed by atoms with Gasteiger partial charge in [0, 0.05) is 22.6 Å². The van der Waals surface area contributed by atoms with Crippen molar-refractivity contribution >= 4 is 31.7 Å². The summed E-state index contributed by atoms with van der Waals surface area (Å²) in [4.78, 5) is 7.63. The Morgan fingerprint density at radius 2 is 1.07 bits per heavy atom. The van der Waals surface area contributed by atoms with Gasteiger partial charge < -0.3 is 10.2 Å². The van der Waals surface area contributed by atoms with Crippen LogP contribution in [0.5, 0.6) is 11.5 Å². The zero-order chi connectivity index (χ0) is 22.7. The van der Waals surface area contributed by atoms with Gasteiger partial charge in [0.2, 0.25) is 0 Å². The molecule has 0 heterocycles. The highest BCUT2D eigenvalue weighted by molar-refractivity contribution is 7.86. The number of aromatic hydroxyl groups is 2. The lowest BCUT2D eigenvalue weighted by atomic mass is 10.1. The summed E-state index contributed by atoms with van der Waals surface area (Å²) in [5, 5.41) is 19.8. The Labute approximate surface area is 173 Å². The molecule has 0 atom stereocenters. The van der Waals surface area contributed by atoms with Crippen molar-refractivity contribution in [3.8, 4) is 11.5 Å². The molecule has 0 fully saturated rings. The van der Waals surface area contributed by atoms with E-state index in [2.05, 4.69) is 9.98 Å². The predicted molar refractivity (Wildman–Crippen MR) is 110 cm³/mol. The van der Waals surface area contributed by atoms with Crippen molar-refractivity contribution in [2.75, 3.05) is 13.1 Å². The third-order valence-corrected chi connectivity index (χ3v) is 5.81. The first-order valence-corrected chi connectivity index (χ1v) is 11.3. The predicted octanol–water partition coefficient (Wildman–Crippen LogP) is 1.91. The van der Waals surface area contributed by atoms with Crippen LogP contribution in [0.15, 0.2) is 56.2 Å². The van der Waals surface area contributed by atoms with Crippen molar-refractivity contribution < 1.29 is 36.2 Å². The molecular formula is C18H20N2O8S2. The molecule has 30 heavy (non-hydrogen) atoms. The topological polar surface area (TPSA) is 174 Å². The molecule has 2 aromatic carbocycles. The number of phenols is 2. The van der Waals surface area contributed by atoms with Crippen LogP contribution in [0.2, 0.25) is 0 Å². The van der Waals surface area contributed by atoms with Crippen LogP contribution in [-0.4, -0.2) is 60.7 Å². The van der Waals surface area contributed by atoms with Gasteiger partial charge in [-0.05, 0) is 50.2 Å². The molecule has 0 saturated heterocycles. The number of rotatable bonds is 7. The molecule has 10 nitrogen and oxygen atoms in total. The van der Waals surface area contributed by atoms with Crippen molar-refractivity contribution in [1.82, 2.24) is 0 Å². The van der Waals surface area contributed by atoms with Crippen LogP contribution in [0, 0.1) is 0 Å². The summed E-state index contributed by atoms with van der Waals surface area (Å²) in [6.07, 6.45) is 0. The van der Waals surface area contributed by atoms with Crippen LogP contribution in [-0.2, 0) is 20.2 Å². The van der Waals surface area contributed by atoms with Crippen LogP contribution in [0.3, 0.4) is 0 Å². The van der Waals surface area contributed by atoms with Gasteiger partial charge in [-0.2, -0.15) is 16.8 Å². The average Bonchev–Trinajstić information content (AvgIpc) is 2.63. The fraction of sp³-hybridized carbons (Fsp3) is 0.222. The van der Waals surface area contributed by atoms with E-state index >= 15 is 0 Å². The number of nitrogens with zero attached hydrogens (tertiary/aromatic N) is 2. The molecule has 2 aromatic rings. The van der Waals surface area contributed by atoms with E-state index in [9.17, 15) is 27.0 Å². The quantitative estimate of drug-likeness (QED) is 0.278. The minimum atomic E-state index is -4.43. The molecule has 2 rings (SSSR count). The van der Waals surface area contributed by atoms with Crippen LogP contribution in [0.4, 0.5) is 0 Å². The van der Waals surface area contributed by atoms with E-state index in [1.807, 2.05) is 0 Å². The standard InChI is InChI=1S/C18H20N2O8S2/c1-11(15-9-13(29(23,24)25)3-5-17(15)21)19-7-8-20-12(2)16-10-14(30(26,27)28)4-6-18(16)22/h3-6,9-10,21-22H,7-8H2,1-2H3,(H,23,24,25)(H,26,27,28)/b19-11-,20-12-. The first kappa shape index (κ1) is 23.5. The maximum absolute atomic E-state index is 11.2. The molecule has 0 saturated carbocycles. The van der Waals surface area contributed by atoms with E-state index < -0.39 is 20.2 Å². The van der Waals surface area contributed by atoms with Gasteiger partial charge >= 0.3 is 0 Å². The normalized spacial score (nSPS) is 13.5. The molecule has 0 radical (unpaired) electrons. The molecule has 12 heteroatoms. The Morgan fingerprint density at radius 1 is 0.733 bits per heavy atom. The Bertz CT molecular complexity index is 1140. The molecular weight excluding hydrogens is 436 g/mol. The molecule has 0 aliphatic rings. The largest absolute Gasteiger partial charge is 0.507 e. The van der Waals surface area contributed by atoms with Gasteiger partial charge in [0.05, 0.1) is 22.9 Å². The summed E-state index contributed by atoms with van der Waals surface area (Å²) in [6, 6.07) is 6.56.